The lowest BCUT2D eigenvalue weighted by molar-refractivity contribution is -0.124. The van der Waals surface area contributed by atoms with Crippen molar-refractivity contribution >= 4 is 29.3 Å². The largest absolute Gasteiger partial charge is 0.465 e. The molecule has 0 spiro atoms. The van der Waals surface area contributed by atoms with Crippen molar-refractivity contribution in [2.75, 3.05) is 0 Å². The lowest BCUT2D eigenvalue weighted by atomic mass is 9.94. The highest BCUT2D eigenvalue weighted by molar-refractivity contribution is 8.05. The van der Waals surface area contributed by atoms with Crippen LogP contribution in [0.2, 0.25) is 0 Å². The van der Waals surface area contributed by atoms with Crippen LogP contribution in [0.15, 0.2) is 67.5 Å². The number of thioether (sulfide) groups is 1. The van der Waals surface area contributed by atoms with Crippen LogP contribution in [0, 0.1) is 22.7 Å². The quantitative estimate of drug-likeness (QED) is 0.815. The molecule has 2 aliphatic heterocycles. The monoisotopic (exact) mass is 362 g/mol. The van der Waals surface area contributed by atoms with Crippen molar-refractivity contribution in [2.45, 2.75) is 5.37 Å². The predicted octanol–water partition coefficient (Wildman–Crippen LogP) is 2.80. The van der Waals surface area contributed by atoms with Crippen LogP contribution in [-0.2, 0) is 4.79 Å². The number of allylic oxidation sites excluding steroid dienone is 2. The molecule has 2 aromatic heterocycles. The third kappa shape index (κ3) is 2.25. The van der Waals surface area contributed by atoms with E-state index in [-0.39, 0.29) is 22.9 Å². The zero-order valence-corrected chi connectivity index (χ0v) is 14.0. The number of nitrogens with two attached hydrogens (primary N) is 1. The predicted molar refractivity (Wildman–Crippen MR) is 93.0 cm³/mol. The fraction of sp³-hybridized carbons (Fsp3) is 0.0556. The van der Waals surface area contributed by atoms with Crippen LogP contribution >= 0.6 is 11.8 Å². The van der Waals surface area contributed by atoms with Crippen molar-refractivity contribution < 1.29 is 13.6 Å². The number of nitrogens with zero attached hydrogens (tertiary/aromatic N) is 3. The van der Waals surface area contributed by atoms with E-state index < -0.39 is 5.37 Å². The minimum absolute atomic E-state index is 0.00300. The summed E-state index contributed by atoms with van der Waals surface area (Å²) in [6.07, 6.45) is 4.54. The molecule has 0 unspecified atom stereocenters. The molecule has 1 saturated heterocycles. The summed E-state index contributed by atoms with van der Waals surface area (Å²) in [5.74, 6) is 0.492. The Morgan fingerprint density at radius 3 is 2.58 bits per heavy atom. The molecule has 1 amide bonds. The lowest BCUT2D eigenvalue weighted by Crippen LogP contribution is -2.40. The van der Waals surface area contributed by atoms with E-state index in [1.54, 1.807) is 30.3 Å². The molecule has 7 nitrogen and oxygen atoms in total. The minimum atomic E-state index is -0.661. The van der Waals surface area contributed by atoms with E-state index in [4.69, 9.17) is 14.6 Å². The molecule has 1 atom stereocenters. The molecule has 0 aliphatic carbocycles. The van der Waals surface area contributed by atoms with E-state index in [9.17, 15) is 15.3 Å². The SMILES string of the molecule is N#CC1=C(N)N2C(=O)/C(=C/c3ccco3)S[C@@H]2C(C#N)=C1c1ccco1. The molecule has 1 fully saturated rings. The molecule has 0 bridgehead atoms. The first kappa shape index (κ1) is 15.9. The first-order valence-corrected chi connectivity index (χ1v) is 8.37. The lowest BCUT2D eigenvalue weighted by Gasteiger charge is -2.29. The van der Waals surface area contributed by atoms with Crippen molar-refractivity contribution in [1.29, 1.82) is 10.5 Å². The fourth-order valence-electron chi connectivity index (χ4n) is 2.88. The molecule has 0 radical (unpaired) electrons. The molecular weight excluding hydrogens is 352 g/mol. The van der Waals surface area contributed by atoms with Crippen molar-refractivity contribution in [2.24, 2.45) is 5.73 Å². The summed E-state index contributed by atoms with van der Waals surface area (Å²) >= 11 is 1.18. The van der Waals surface area contributed by atoms with E-state index in [0.29, 0.717) is 22.0 Å². The number of nitriles is 2. The molecular formula is C18H10N4O3S. The highest BCUT2D eigenvalue weighted by Gasteiger charge is 2.46. The Kier molecular flexibility index (Phi) is 3.68. The first-order chi connectivity index (χ1) is 12.7. The van der Waals surface area contributed by atoms with Gasteiger partial charge in [-0.3, -0.25) is 9.69 Å². The van der Waals surface area contributed by atoms with Gasteiger partial charge in [0, 0.05) is 0 Å². The number of hydrogen-bond donors (Lipinski definition) is 1. The summed E-state index contributed by atoms with van der Waals surface area (Å²) in [5.41, 5.74) is 6.73. The normalized spacial score (nSPS) is 21.2. The number of furan rings is 2. The Balaban J connectivity index is 1.89. The maximum atomic E-state index is 12.8. The number of carbonyl (C=O) groups excluding carboxylic acids is 1. The van der Waals surface area contributed by atoms with Crippen molar-refractivity contribution in [3.63, 3.8) is 0 Å². The standard InChI is InChI=1S/C18H10N4O3S/c19-8-11-15(13-4-2-6-25-13)12(9-20)18-22(16(11)21)17(23)14(26-18)7-10-3-1-5-24-10/h1-7,18H,21H2/b14-7-/t18-/m1/s1. The van der Waals surface area contributed by atoms with Crippen LogP contribution in [-0.4, -0.2) is 16.2 Å². The zero-order valence-electron chi connectivity index (χ0n) is 13.2. The van der Waals surface area contributed by atoms with Crippen LogP contribution in [0.3, 0.4) is 0 Å². The van der Waals surface area contributed by atoms with Gasteiger partial charge in [0.2, 0.25) is 0 Å². The molecule has 126 valence electrons. The summed E-state index contributed by atoms with van der Waals surface area (Å²) in [4.78, 5) is 14.4. The van der Waals surface area contributed by atoms with Crippen molar-refractivity contribution in [1.82, 2.24) is 4.90 Å². The van der Waals surface area contributed by atoms with Gasteiger partial charge in [-0.05, 0) is 30.3 Å². The topological polar surface area (TPSA) is 120 Å². The van der Waals surface area contributed by atoms with Gasteiger partial charge >= 0.3 is 0 Å². The van der Waals surface area contributed by atoms with Crippen molar-refractivity contribution in [3.05, 3.63) is 70.2 Å². The Bertz CT molecular complexity index is 1060. The van der Waals surface area contributed by atoms with Crippen LogP contribution in [0.4, 0.5) is 0 Å². The Labute approximate surface area is 152 Å². The van der Waals surface area contributed by atoms with Crippen LogP contribution in [0.5, 0.6) is 0 Å². The highest BCUT2D eigenvalue weighted by Crippen LogP contribution is 2.48. The summed E-state index contributed by atoms with van der Waals surface area (Å²) in [5, 5.41) is 18.6. The Morgan fingerprint density at radius 2 is 1.96 bits per heavy atom. The van der Waals surface area contributed by atoms with E-state index >= 15 is 0 Å². The second kappa shape index (κ2) is 6.03. The van der Waals surface area contributed by atoms with E-state index in [1.807, 2.05) is 6.07 Å². The third-order valence-electron chi connectivity index (χ3n) is 4.00. The highest BCUT2D eigenvalue weighted by atomic mass is 32.2. The van der Waals surface area contributed by atoms with Gasteiger partial charge in [-0.15, -0.1) is 0 Å². The van der Waals surface area contributed by atoms with Gasteiger partial charge in [-0.1, -0.05) is 11.8 Å². The first-order valence-electron chi connectivity index (χ1n) is 7.49. The van der Waals surface area contributed by atoms with E-state index in [0.717, 1.165) is 0 Å². The van der Waals surface area contributed by atoms with Gasteiger partial charge in [0.15, 0.2) is 0 Å². The maximum Gasteiger partial charge on any atom is 0.267 e. The van der Waals surface area contributed by atoms with Gasteiger partial charge in [0.25, 0.3) is 5.91 Å². The summed E-state index contributed by atoms with van der Waals surface area (Å²) in [7, 11) is 0. The number of amides is 1. The average Bonchev–Trinajstić information content (AvgIpc) is 3.38. The summed E-state index contributed by atoms with van der Waals surface area (Å²) in [6.45, 7) is 0. The second-order valence-corrected chi connectivity index (χ2v) is 6.54. The maximum absolute atomic E-state index is 12.8. The van der Waals surface area contributed by atoms with E-state index in [1.165, 1.54) is 29.2 Å². The van der Waals surface area contributed by atoms with E-state index in [2.05, 4.69) is 6.07 Å². The number of rotatable bonds is 2. The van der Waals surface area contributed by atoms with Crippen molar-refractivity contribution in [3.8, 4) is 12.1 Å². The van der Waals surface area contributed by atoms with Crippen LogP contribution in [0.1, 0.15) is 11.5 Å². The Hall–Kier alpha value is -3.62. The van der Waals surface area contributed by atoms with Gasteiger partial charge in [-0.2, -0.15) is 10.5 Å². The van der Waals surface area contributed by atoms with Crippen LogP contribution < -0.4 is 5.73 Å². The van der Waals surface area contributed by atoms with Gasteiger partial charge in [0.1, 0.15) is 34.4 Å². The average molecular weight is 362 g/mol. The molecule has 2 N–H and O–H groups in total. The smallest absolute Gasteiger partial charge is 0.267 e. The number of hydrogen-bond acceptors (Lipinski definition) is 7. The summed E-state index contributed by atoms with van der Waals surface area (Å²) in [6, 6.07) is 10.8. The number of carbonyl (C=O) groups is 1. The molecule has 0 aromatic carbocycles. The molecule has 2 aliphatic rings. The van der Waals surface area contributed by atoms with Gasteiger partial charge in [0.05, 0.1) is 34.6 Å². The summed E-state index contributed by atoms with van der Waals surface area (Å²) < 4.78 is 10.6. The number of fused-ring (bicyclic) bond motifs is 1. The minimum Gasteiger partial charge on any atom is -0.465 e. The molecule has 4 rings (SSSR count). The molecule has 8 heteroatoms. The van der Waals surface area contributed by atoms with Gasteiger partial charge < -0.3 is 14.6 Å². The zero-order chi connectivity index (χ0) is 18.3. The second-order valence-electron chi connectivity index (χ2n) is 5.42. The fourth-order valence-corrected chi connectivity index (χ4v) is 4.11. The third-order valence-corrected chi connectivity index (χ3v) is 5.22. The van der Waals surface area contributed by atoms with Gasteiger partial charge in [-0.25, -0.2) is 0 Å². The Morgan fingerprint density at radius 1 is 1.19 bits per heavy atom. The van der Waals surface area contributed by atoms with Crippen LogP contribution in [0.25, 0.3) is 11.6 Å². The molecule has 4 heterocycles. The molecule has 2 aromatic rings. The molecule has 0 saturated carbocycles. The molecule has 26 heavy (non-hydrogen) atoms.